The van der Waals surface area contributed by atoms with Gasteiger partial charge in [0, 0.05) is 24.7 Å². The fourth-order valence-corrected chi connectivity index (χ4v) is 5.07. The Bertz CT molecular complexity index is 1510. The first-order chi connectivity index (χ1) is 21.7. The van der Waals surface area contributed by atoms with Crippen molar-refractivity contribution in [3.63, 3.8) is 0 Å². The molecule has 0 radical (unpaired) electrons. The lowest BCUT2D eigenvalue weighted by Crippen LogP contribution is -2.58. The Morgan fingerprint density at radius 2 is 1.82 bits per heavy atom. The summed E-state index contributed by atoms with van der Waals surface area (Å²) in [5.41, 5.74) is 8.83. The molecule has 0 bridgehead atoms. The minimum atomic E-state index is -1.22. The fourth-order valence-electron chi connectivity index (χ4n) is 5.07. The van der Waals surface area contributed by atoms with Gasteiger partial charge in [0.05, 0.1) is 12.5 Å². The summed E-state index contributed by atoms with van der Waals surface area (Å²) < 4.78 is 0. The molecule has 16 nitrogen and oxygen atoms in total. The first-order valence-corrected chi connectivity index (χ1v) is 14.3. The number of aromatic amines is 1. The predicted molar refractivity (Wildman–Crippen MR) is 160 cm³/mol. The predicted octanol–water partition coefficient (Wildman–Crippen LogP) is 0.593. The zero-order valence-corrected chi connectivity index (χ0v) is 24.3. The van der Waals surface area contributed by atoms with Gasteiger partial charge in [0.25, 0.3) is 5.91 Å². The molecule has 1 unspecified atom stereocenters. The van der Waals surface area contributed by atoms with E-state index in [0.717, 1.165) is 11.8 Å². The largest absolute Gasteiger partial charge is 0.481 e. The van der Waals surface area contributed by atoms with Crippen LogP contribution >= 0.6 is 0 Å². The normalized spacial score (nSPS) is 16.0. The Morgan fingerprint density at radius 3 is 2.53 bits per heavy atom. The van der Waals surface area contributed by atoms with Gasteiger partial charge in [-0.05, 0) is 42.9 Å². The number of nitrogens with two attached hydrogens (primary N) is 1. The highest BCUT2D eigenvalue weighted by Crippen LogP contribution is 2.24. The van der Waals surface area contributed by atoms with E-state index in [0.29, 0.717) is 36.2 Å². The number of primary amides is 1. The Hall–Kier alpha value is -5.67. The van der Waals surface area contributed by atoms with Gasteiger partial charge in [-0.2, -0.15) is 10.3 Å². The fraction of sp³-hybridized carbons (Fsp3) is 0.345. The Morgan fingerprint density at radius 1 is 1.07 bits per heavy atom. The van der Waals surface area contributed by atoms with Gasteiger partial charge < -0.3 is 26.4 Å². The molecule has 1 aromatic heterocycles. The highest BCUT2D eigenvalue weighted by Gasteiger charge is 2.37. The third-order valence-corrected chi connectivity index (χ3v) is 7.15. The number of carbonyl (C=O) groups is 5. The molecule has 0 spiro atoms. The van der Waals surface area contributed by atoms with Crippen molar-refractivity contribution >= 4 is 35.9 Å². The number of aryl methyl sites for hydroxylation is 1. The van der Waals surface area contributed by atoms with Crippen LogP contribution in [0.5, 0.6) is 0 Å². The van der Waals surface area contributed by atoms with Crippen molar-refractivity contribution in [2.45, 2.75) is 56.7 Å². The molecule has 5 amide bonds. The van der Waals surface area contributed by atoms with E-state index in [-0.39, 0.29) is 19.4 Å². The van der Waals surface area contributed by atoms with Crippen LogP contribution in [0.4, 0.5) is 4.79 Å². The second kappa shape index (κ2) is 15.7. The van der Waals surface area contributed by atoms with Crippen molar-refractivity contribution < 1.29 is 29.1 Å². The lowest BCUT2D eigenvalue weighted by molar-refractivity contribution is -0.144. The van der Waals surface area contributed by atoms with Crippen LogP contribution in [0.3, 0.4) is 0 Å². The minimum absolute atomic E-state index is 0.121. The molecular formula is C29H34N10O6. The van der Waals surface area contributed by atoms with Crippen LogP contribution in [0, 0.1) is 0 Å². The highest BCUT2D eigenvalue weighted by molar-refractivity contribution is 6.03. The van der Waals surface area contributed by atoms with Gasteiger partial charge in [-0.3, -0.25) is 19.2 Å². The van der Waals surface area contributed by atoms with Crippen LogP contribution in [-0.4, -0.2) is 91.2 Å². The molecule has 1 saturated heterocycles. The molecule has 3 aromatic rings. The van der Waals surface area contributed by atoms with E-state index < -0.39 is 54.3 Å². The molecule has 1 fully saturated rings. The molecular weight excluding hydrogens is 584 g/mol. The third kappa shape index (κ3) is 9.16. The van der Waals surface area contributed by atoms with Crippen molar-refractivity contribution in [2.24, 2.45) is 10.8 Å². The number of carboxylic acid groups (broad SMARTS) is 1. The van der Waals surface area contributed by atoms with Crippen molar-refractivity contribution in [1.82, 2.24) is 41.6 Å². The number of urea groups is 1. The number of nitrogens with one attached hydrogen (secondary N) is 4. The molecule has 1 aliphatic heterocycles. The lowest BCUT2D eigenvalue weighted by Gasteiger charge is -2.37. The molecule has 2 heterocycles. The van der Waals surface area contributed by atoms with E-state index in [1.165, 1.54) is 4.90 Å². The first kappa shape index (κ1) is 32.2. The number of hydrazone groups is 1. The second-order valence-electron chi connectivity index (χ2n) is 10.3. The minimum Gasteiger partial charge on any atom is -0.481 e. The number of hydrogen-bond acceptors (Lipinski definition) is 9. The van der Waals surface area contributed by atoms with Crippen molar-refractivity contribution in [2.75, 3.05) is 6.54 Å². The van der Waals surface area contributed by atoms with E-state index in [2.05, 4.69) is 36.4 Å². The van der Waals surface area contributed by atoms with Crippen LogP contribution < -0.4 is 21.8 Å². The van der Waals surface area contributed by atoms with Crippen LogP contribution in [0.15, 0.2) is 59.7 Å². The molecule has 16 heteroatoms. The summed E-state index contributed by atoms with van der Waals surface area (Å²) in [7, 11) is 0. The van der Waals surface area contributed by atoms with Crippen LogP contribution in [0.2, 0.25) is 0 Å². The lowest BCUT2D eigenvalue weighted by atomic mass is 9.97. The quantitative estimate of drug-likeness (QED) is 0.116. The monoisotopic (exact) mass is 618 g/mol. The first-order valence-electron chi connectivity index (χ1n) is 14.3. The number of rotatable bonds is 13. The molecule has 7 N–H and O–H groups in total. The zero-order valence-electron chi connectivity index (χ0n) is 24.3. The number of piperidine rings is 1. The number of likely N-dealkylation sites (tertiary alicyclic amines) is 1. The van der Waals surface area contributed by atoms with Crippen molar-refractivity contribution in [3.05, 3.63) is 66.0 Å². The number of hydrogen-bond donors (Lipinski definition) is 6. The van der Waals surface area contributed by atoms with Gasteiger partial charge in [-0.15, -0.1) is 10.2 Å². The molecule has 3 atom stereocenters. The number of carboxylic acids is 1. The molecule has 0 aliphatic carbocycles. The average molecular weight is 619 g/mol. The molecule has 236 valence electrons. The number of benzene rings is 2. The number of aromatic nitrogens is 4. The van der Waals surface area contributed by atoms with Crippen molar-refractivity contribution in [1.29, 1.82) is 0 Å². The number of tetrazole rings is 1. The maximum Gasteiger partial charge on any atom is 0.332 e. The maximum absolute atomic E-state index is 14.1. The van der Waals surface area contributed by atoms with E-state index in [1.54, 1.807) is 12.1 Å². The van der Waals surface area contributed by atoms with Crippen molar-refractivity contribution in [3.8, 4) is 11.1 Å². The summed E-state index contributed by atoms with van der Waals surface area (Å²) in [5.74, 6) is -2.43. The van der Waals surface area contributed by atoms with Gasteiger partial charge in [0.2, 0.25) is 11.8 Å². The molecule has 2 aromatic carbocycles. The Labute approximate surface area is 257 Å². The summed E-state index contributed by atoms with van der Waals surface area (Å²) in [5, 5.41) is 32.1. The standard InChI is InChI=1S/C29H34N10O6/c30-29(45)36-31-17-19(16-25(40)41)32-27(43)23-12-6-7-15-39(23)28(44)22(13-14-24-34-37-38-35-24)33-26(42)21-11-5-4-10-20(21)18-8-2-1-3-9-18/h1-5,8-11,17,19,22-23H,6-7,12-16H2,(H,32,43)(H,33,42)(H,40,41)(H3,30,36,45)(H,34,35,37,38)/b31-17+/t19-,22?,23-/m0/s1. The zero-order chi connectivity index (χ0) is 32.2. The van der Waals surface area contributed by atoms with Gasteiger partial charge in [-0.1, -0.05) is 53.7 Å². The van der Waals surface area contributed by atoms with Crippen LogP contribution in [0.25, 0.3) is 11.1 Å². The summed E-state index contributed by atoms with van der Waals surface area (Å²) in [6.45, 7) is 0.243. The number of aliphatic carboxylic acids is 1. The summed E-state index contributed by atoms with van der Waals surface area (Å²) in [6, 6.07) is 12.4. The van der Waals surface area contributed by atoms with Gasteiger partial charge in [0.1, 0.15) is 12.1 Å². The van der Waals surface area contributed by atoms with Crippen LogP contribution in [0.1, 0.15) is 48.3 Å². The molecule has 4 rings (SSSR count). The van der Waals surface area contributed by atoms with Gasteiger partial charge in [-0.25, -0.2) is 10.2 Å². The number of nitrogens with zero attached hydrogens (tertiary/aromatic N) is 5. The summed E-state index contributed by atoms with van der Waals surface area (Å²) in [4.78, 5) is 64.9. The molecule has 1 aliphatic rings. The smallest absolute Gasteiger partial charge is 0.332 e. The third-order valence-electron chi connectivity index (χ3n) is 7.15. The second-order valence-corrected chi connectivity index (χ2v) is 10.3. The van der Waals surface area contributed by atoms with E-state index in [9.17, 15) is 29.1 Å². The summed E-state index contributed by atoms with van der Waals surface area (Å²) >= 11 is 0. The number of carbonyl (C=O) groups excluding carboxylic acids is 4. The van der Waals surface area contributed by atoms with Crippen LogP contribution in [-0.2, 0) is 20.8 Å². The molecule has 45 heavy (non-hydrogen) atoms. The Kier molecular flexibility index (Phi) is 11.3. The van der Waals surface area contributed by atoms with Gasteiger partial charge >= 0.3 is 12.0 Å². The van der Waals surface area contributed by atoms with Gasteiger partial charge in [0.15, 0.2) is 5.82 Å². The average Bonchev–Trinajstić information content (AvgIpc) is 3.56. The van der Waals surface area contributed by atoms with E-state index in [1.807, 2.05) is 47.9 Å². The van der Waals surface area contributed by atoms with E-state index in [4.69, 9.17) is 5.73 Å². The highest BCUT2D eigenvalue weighted by atomic mass is 16.4. The topological polar surface area (TPSA) is 238 Å². The number of amides is 5. The number of H-pyrrole nitrogens is 1. The Balaban J connectivity index is 1.56. The SMILES string of the molecule is NC(=O)N/N=C/[C@H](CC(=O)O)NC(=O)[C@@H]1CCCCN1C(=O)C(CCc1nn[nH]n1)NC(=O)c1ccccc1-c1ccccc1. The maximum atomic E-state index is 14.1. The molecule has 0 saturated carbocycles. The van der Waals surface area contributed by atoms with E-state index >= 15 is 0 Å². The summed E-state index contributed by atoms with van der Waals surface area (Å²) in [6.07, 6.45) is 2.44.